The van der Waals surface area contributed by atoms with Crippen molar-refractivity contribution < 1.29 is 4.79 Å². The van der Waals surface area contributed by atoms with Crippen molar-refractivity contribution in [3.8, 4) is 0 Å². The van der Waals surface area contributed by atoms with Crippen molar-refractivity contribution in [3.63, 3.8) is 0 Å². The minimum absolute atomic E-state index is 0.282. The van der Waals surface area contributed by atoms with Gasteiger partial charge in [-0.15, -0.1) is 11.8 Å². The highest BCUT2D eigenvalue weighted by Gasteiger charge is 1.97. The van der Waals surface area contributed by atoms with Gasteiger partial charge in [0.05, 0.1) is 6.42 Å². The van der Waals surface area contributed by atoms with Crippen LogP contribution in [0.15, 0.2) is 29.2 Å². The van der Waals surface area contributed by atoms with Gasteiger partial charge in [0.25, 0.3) is 0 Å². The highest BCUT2D eigenvalue weighted by Crippen LogP contribution is 2.17. The van der Waals surface area contributed by atoms with Gasteiger partial charge >= 0.3 is 0 Å². The number of thioether (sulfide) groups is 1. The zero-order valence-electron chi connectivity index (χ0n) is 7.62. The van der Waals surface area contributed by atoms with Crippen molar-refractivity contribution in [1.82, 2.24) is 0 Å². The normalized spacial score (nSPS) is 9.92. The van der Waals surface area contributed by atoms with Gasteiger partial charge in [-0.05, 0) is 23.4 Å². The number of benzene rings is 1. The van der Waals surface area contributed by atoms with Crippen molar-refractivity contribution in [3.05, 3.63) is 29.8 Å². The quantitative estimate of drug-likeness (QED) is 0.745. The van der Waals surface area contributed by atoms with Crippen LogP contribution in [0.1, 0.15) is 12.5 Å². The molecule has 0 atom stereocenters. The third-order valence-electron chi connectivity index (χ3n) is 1.61. The number of carbonyl (C=O) groups excluding carboxylic acids is 1. The fourth-order valence-corrected chi connectivity index (χ4v) is 1.73. The van der Waals surface area contributed by atoms with E-state index in [0.717, 1.165) is 11.3 Å². The molecule has 0 aliphatic carbocycles. The molecule has 2 nitrogen and oxygen atoms in total. The summed E-state index contributed by atoms with van der Waals surface area (Å²) >= 11 is 1.79. The smallest absolute Gasteiger partial charge is 0.221 e. The first kappa shape index (κ1) is 10.1. The average molecular weight is 195 g/mol. The van der Waals surface area contributed by atoms with E-state index in [1.807, 2.05) is 24.3 Å². The molecule has 1 rings (SSSR count). The lowest BCUT2D eigenvalue weighted by Gasteiger charge is -2.00. The number of rotatable bonds is 4. The van der Waals surface area contributed by atoms with Crippen LogP contribution in [0.25, 0.3) is 0 Å². The molecule has 13 heavy (non-hydrogen) atoms. The minimum Gasteiger partial charge on any atom is -0.369 e. The molecule has 1 aromatic rings. The van der Waals surface area contributed by atoms with Gasteiger partial charge in [0.1, 0.15) is 0 Å². The Hall–Kier alpha value is -0.960. The molecule has 2 N–H and O–H groups in total. The number of amides is 1. The second kappa shape index (κ2) is 4.92. The summed E-state index contributed by atoms with van der Waals surface area (Å²) in [6.45, 7) is 2.11. The standard InChI is InChI=1S/C10H13NOS/c1-2-13-9-5-3-8(4-6-9)7-10(11)12/h3-6H,2,7H2,1H3,(H2,11,12). The summed E-state index contributed by atoms with van der Waals surface area (Å²) in [7, 11) is 0. The fourth-order valence-electron chi connectivity index (χ4n) is 1.07. The monoisotopic (exact) mass is 195 g/mol. The summed E-state index contributed by atoms with van der Waals surface area (Å²) in [4.78, 5) is 11.8. The lowest BCUT2D eigenvalue weighted by molar-refractivity contribution is -0.117. The molecule has 0 saturated carbocycles. The van der Waals surface area contributed by atoms with E-state index in [1.54, 1.807) is 11.8 Å². The first-order valence-electron chi connectivity index (χ1n) is 4.22. The Kier molecular flexibility index (Phi) is 3.83. The number of hydrogen-bond acceptors (Lipinski definition) is 2. The van der Waals surface area contributed by atoms with Gasteiger partial charge in [0, 0.05) is 4.90 Å². The molecular formula is C10H13NOS. The van der Waals surface area contributed by atoms with Crippen molar-refractivity contribution in [2.45, 2.75) is 18.2 Å². The van der Waals surface area contributed by atoms with Gasteiger partial charge in [0.15, 0.2) is 0 Å². The van der Waals surface area contributed by atoms with Gasteiger partial charge in [-0.1, -0.05) is 19.1 Å². The predicted octanol–water partition coefficient (Wildman–Crippen LogP) is 1.83. The molecule has 1 aromatic carbocycles. The van der Waals surface area contributed by atoms with E-state index in [0.29, 0.717) is 6.42 Å². The van der Waals surface area contributed by atoms with Gasteiger partial charge in [-0.25, -0.2) is 0 Å². The van der Waals surface area contributed by atoms with Crippen LogP contribution < -0.4 is 5.73 Å². The lowest BCUT2D eigenvalue weighted by Crippen LogP contribution is -2.13. The van der Waals surface area contributed by atoms with E-state index >= 15 is 0 Å². The molecule has 3 heteroatoms. The first-order valence-corrected chi connectivity index (χ1v) is 5.21. The first-order chi connectivity index (χ1) is 6.22. The molecule has 70 valence electrons. The SMILES string of the molecule is CCSc1ccc(CC(N)=O)cc1. The second-order valence-electron chi connectivity index (χ2n) is 2.72. The average Bonchev–Trinajstić information content (AvgIpc) is 2.08. The zero-order chi connectivity index (χ0) is 9.68. The highest BCUT2D eigenvalue weighted by atomic mass is 32.2. The summed E-state index contributed by atoms with van der Waals surface area (Å²) in [6.07, 6.45) is 0.330. The molecule has 0 radical (unpaired) electrons. The molecule has 0 aromatic heterocycles. The molecule has 0 spiro atoms. The van der Waals surface area contributed by atoms with E-state index in [9.17, 15) is 4.79 Å². The highest BCUT2D eigenvalue weighted by molar-refractivity contribution is 7.99. The maximum Gasteiger partial charge on any atom is 0.221 e. The Morgan fingerprint density at radius 2 is 2.00 bits per heavy atom. The van der Waals surface area contributed by atoms with Crippen LogP contribution in [0.4, 0.5) is 0 Å². The summed E-state index contributed by atoms with van der Waals surface area (Å²) < 4.78 is 0. The van der Waals surface area contributed by atoms with Gasteiger partial charge in [-0.3, -0.25) is 4.79 Å². The fraction of sp³-hybridized carbons (Fsp3) is 0.300. The second-order valence-corrected chi connectivity index (χ2v) is 4.06. The summed E-state index contributed by atoms with van der Waals surface area (Å²) in [5.74, 6) is 0.783. The Bertz CT molecular complexity index is 281. The zero-order valence-corrected chi connectivity index (χ0v) is 8.43. The molecule has 0 bridgehead atoms. The molecular weight excluding hydrogens is 182 g/mol. The number of hydrogen-bond donors (Lipinski definition) is 1. The Morgan fingerprint density at radius 3 is 2.46 bits per heavy atom. The van der Waals surface area contributed by atoms with E-state index in [1.165, 1.54) is 4.90 Å². The Morgan fingerprint density at radius 1 is 1.38 bits per heavy atom. The number of nitrogens with two attached hydrogens (primary N) is 1. The van der Waals surface area contributed by atoms with Crippen molar-refractivity contribution >= 4 is 17.7 Å². The summed E-state index contributed by atoms with van der Waals surface area (Å²) in [5, 5.41) is 0. The molecule has 0 fully saturated rings. The molecule has 0 saturated heterocycles. The molecule has 0 unspecified atom stereocenters. The van der Waals surface area contributed by atoms with Crippen molar-refractivity contribution in [2.24, 2.45) is 5.73 Å². The maximum absolute atomic E-state index is 10.6. The third kappa shape index (κ3) is 3.51. The molecule has 1 amide bonds. The molecule has 0 aliphatic rings. The van der Waals surface area contributed by atoms with Crippen LogP contribution in [-0.2, 0) is 11.2 Å². The molecule has 0 heterocycles. The van der Waals surface area contributed by atoms with Crippen molar-refractivity contribution in [1.29, 1.82) is 0 Å². The summed E-state index contributed by atoms with van der Waals surface area (Å²) in [5.41, 5.74) is 6.06. The van der Waals surface area contributed by atoms with Crippen LogP contribution in [0.2, 0.25) is 0 Å². The topological polar surface area (TPSA) is 43.1 Å². The van der Waals surface area contributed by atoms with Gasteiger partial charge in [0.2, 0.25) is 5.91 Å². The van der Waals surface area contributed by atoms with Crippen LogP contribution in [-0.4, -0.2) is 11.7 Å². The van der Waals surface area contributed by atoms with Crippen LogP contribution in [0, 0.1) is 0 Å². The van der Waals surface area contributed by atoms with E-state index in [-0.39, 0.29) is 5.91 Å². The third-order valence-corrected chi connectivity index (χ3v) is 2.51. The number of carbonyl (C=O) groups is 1. The van der Waals surface area contributed by atoms with Gasteiger partial charge in [-0.2, -0.15) is 0 Å². The lowest BCUT2D eigenvalue weighted by atomic mass is 10.1. The van der Waals surface area contributed by atoms with E-state index in [2.05, 4.69) is 6.92 Å². The van der Waals surface area contributed by atoms with E-state index < -0.39 is 0 Å². The summed E-state index contributed by atoms with van der Waals surface area (Å²) in [6, 6.07) is 7.93. The van der Waals surface area contributed by atoms with Crippen LogP contribution in [0.5, 0.6) is 0 Å². The maximum atomic E-state index is 10.6. The Labute approximate surface area is 82.5 Å². The van der Waals surface area contributed by atoms with Crippen LogP contribution >= 0.6 is 11.8 Å². The largest absolute Gasteiger partial charge is 0.369 e. The van der Waals surface area contributed by atoms with Crippen molar-refractivity contribution in [2.75, 3.05) is 5.75 Å². The molecule has 0 aliphatic heterocycles. The van der Waals surface area contributed by atoms with Gasteiger partial charge < -0.3 is 5.73 Å². The number of primary amides is 1. The minimum atomic E-state index is -0.282. The van der Waals surface area contributed by atoms with Crippen LogP contribution in [0.3, 0.4) is 0 Å². The van der Waals surface area contributed by atoms with E-state index in [4.69, 9.17) is 5.73 Å². The predicted molar refractivity (Wildman–Crippen MR) is 55.7 cm³/mol. The Balaban J connectivity index is 2.64.